The van der Waals surface area contributed by atoms with E-state index in [-0.39, 0.29) is 19.0 Å². The van der Waals surface area contributed by atoms with Gasteiger partial charge in [-0.2, -0.15) is 0 Å². The number of benzene rings is 1. The van der Waals surface area contributed by atoms with Crippen molar-refractivity contribution in [3.8, 4) is 0 Å². The summed E-state index contributed by atoms with van der Waals surface area (Å²) < 4.78 is 9.99. The minimum atomic E-state index is -0.450. The van der Waals surface area contributed by atoms with Crippen LogP contribution >= 0.6 is 11.6 Å². The van der Waals surface area contributed by atoms with E-state index in [1.54, 1.807) is 26.0 Å². The fourth-order valence-corrected chi connectivity index (χ4v) is 2.65. The van der Waals surface area contributed by atoms with Crippen LogP contribution in [0.25, 0.3) is 10.9 Å². The fraction of sp³-hybridized carbons (Fsp3) is 0.375. The van der Waals surface area contributed by atoms with Gasteiger partial charge in [0.1, 0.15) is 5.69 Å². The van der Waals surface area contributed by atoms with E-state index in [1.165, 1.54) is 0 Å². The first-order valence-electron chi connectivity index (χ1n) is 7.20. The number of nitrogens with one attached hydrogen (secondary N) is 1. The van der Waals surface area contributed by atoms with Gasteiger partial charge in [0.05, 0.1) is 18.2 Å². The molecule has 0 saturated heterocycles. The summed E-state index contributed by atoms with van der Waals surface area (Å²) in [4.78, 5) is 26.7. The summed E-state index contributed by atoms with van der Waals surface area (Å²) in [6.45, 7) is 4.10. The van der Waals surface area contributed by atoms with E-state index in [0.29, 0.717) is 29.3 Å². The molecule has 1 aromatic heterocycles. The molecule has 0 atom stereocenters. The molecular formula is C16H18ClNO4. The van der Waals surface area contributed by atoms with Crippen LogP contribution in [0.2, 0.25) is 5.02 Å². The Kier molecular flexibility index (Phi) is 5.44. The number of esters is 2. The van der Waals surface area contributed by atoms with Gasteiger partial charge in [0.2, 0.25) is 0 Å². The Balaban J connectivity index is 2.40. The smallest absolute Gasteiger partial charge is 0.355 e. The summed E-state index contributed by atoms with van der Waals surface area (Å²) in [6.07, 6.45) is 0.537. The Labute approximate surface area is 133 Å². The number of aromatic amines is 1. The van der Waals surface area contributed by atoms with Crippen molar-refractivity contribution < 1.29 is 19.1 Å². The van der Waals surface area contributed by atoms with Gasteiger partial charge in [0.15, 0.2) is 0 Å². The predicted octanol–water partition coefficient (Wildman–Crippen LogP) is 3.49. The number of hydrogen-bond donors (Lipinski definition) is 1. The molecule has 1 heterocycles. The standard InChI is InChI=1S/C16H18ClNO4/c1-3-21-13(19)9-8-10-14-11(17)6-5-7-12(14)18-15(10)16(20)22-4-2/h5-7,18H,3-4,8-9H2,1-2H3. The lowest BCUT2D eigenvalue weighted by atomic mass is 10.1. The molecule has 0 spiro atoms. The minimum absolute atomic E-state index is 0.179. The third-order valence-electron chi connectivity index (χ3n) is 3.24. The molecule has 5 nitrogen and oxygen atoms in total. The number of carbonyl (C=O) groups is 2. The van der Waals surface area contributed by atoms with Gasteiger partial charge in [-0.25, -0.2) is 4.79 Å². The van der Waals surface area contributed by atoms with Crippen LogP contribution in [-0.2, 0) is 20.7 Å². The molecular weight excluding hydrogens is 306 g/mol. The first-order chi connectivity index (χ1) is 10.6. The highest BCUT2D eigenvalue weighted by atomic mass is 35.5. The summed E-state index contributed by atoms with van der Waals surface area (Å²) in [5.41, 5.74) is 1.77. The molecule has 22 heavy (non-hydrogen) atoms. The maximum absolute atomic E-state index is 12.1. The molecule has 0 saturated carbocycles. The molecule has 1 aromatic carbocycles. The lowest BCUT2D eigenvalue weighted by molar-refractivity contribution is -0.143. The number of fused-ring (bicyclic) bond motifs is 1. The van der Waals surface area contributed by atoms with Gasteiger partial charge >= 0.3 is 11.9 Å². The van der Waals surface area contributed by atoms with E-state index in [4.69, 9.17) is 21.1 Å². The maximum atomic E-state index is 12.1. The summed E-state index contributed by atoms with van der Waals surface area (Å²) in [5, 5.41) is 1.28. The number of aromatic nitrogens is 1. The van der Waals surface area contributed by atoms with Crippen molar-refractivity contribution in [3.05, 3.63) is 34.5 Å². The zero-order chi connectivity index (χ0) is 16.1. The molecule has 0 aliphatic rings. The van der Waals surface area contributed by atoms with Crippen molar-refractivity contribution >= 4 is 34.4 Å². The molecule has 6 heteroatoms. The van der Waals surface area contributed by atoms with Crippen molar-refractivity contribution in [1.29, 1.82) is 0 Å². The van der Waals surface area contributed by atoms with Gasteiger partial charge in [0.25, 0.3) is 0 Å². The largest absolute Gasteiger partial charge is 0.466 e. The van der Waals surface area contributed by atoms with Crippen molar-refractivity contribution in [2.45, 2.75) is 26.7 Å². The van der Waals surface area contributed by atoms with Gasteiger partial charge < -0.3 is 14.5 Å². The summed E-state index contributed by atoms with van der Waals surface area (Å²) in [5.74, 6) is -0.757. The quantitative estimate of drug-likeness (QED) is 0.826. The van der Waals surface area contributed by atoms with E-state index in [2.05, 4.69) is 4.98 Å². The van der Waals surface area contributed by atoms with Crippen LogP contribution in [0.3, 0.4) is 0 Å². The number of H-pyrrole nitrogens is 1. The zero-order valence-corrected chi connectivity index (χ0v) is 13.3. The molecule has 0 radical (unpaired) electrons. The van der Waals surface area contributed by atoms with Gasteiger partial charge in [-0.3, -0.25) is 4.79 Å². The van der Waals surface area contributed by atoms with Crippen LogP contribution in [0.1, 0.15) is 36.3 Å². The highest BCUT2D eigenvalue weighted by molar-refractivity contribution is 6.36. The number of aryl methyl sites for hydroxylation is 1. The SMILES string of the molecule is CCOC(=O)CCc1c(C(=O)OCC)[nH]c2cccc(Cl)c12. The van der Waals surface area contributed by atoms with Crippen molar-refractivity contribution in [2.75, 3.05) is 13.2 Å². The van der Waals surface area contributed by atoms with Crippen molar-refractivity contribution in [3.63, 3.8) is 0 Å². The average molecular weight is 324 g/mol. The van der Waals surface area contributed by atoms with Crippen molar-refractivity contribution in [2.24, 2.45) is 0 Å². The normalized spacial score (nSPS) is 10.7. The number of hydrogen-bond acceptors (Lipinski definition) is 4. The molecule has 2 aromatic rings. The number of halogens is 1. The highest BCUT2D eigenvalue weighted by Gasteiger charge is 2.21. The van der Waals surface area contributed by atoms with E-state index in [1.807, 2.05) is 6.07 Å². The second kappa shape index (κ2) is 7.31. The molecule has 2 rings (SSSR count). The molecule has 0 fully saturated rings. The van der Waals surface area contributed by atoms with Gasteiger partial charge in [0, 0.05) is 17.3 Å². The Morgan fingerprint density at radius 1 is 1.18 bits per heavy atom. The molecule has 0 aliphatic heterocycles. The summed E-state index contributed by atoms with van der Waals surface area (Å²) in [7, 11) is 0. The van der Waals surface area contributed by atoms with Crippen LogP contribution in [0, 0.1) is 0 Å². The first kappa shape index (κ1) is 16.4. The van der Waals surface area contributed by atoms with Crippen molar-refractivity contribution in [1.82, 2.24) is 4.98 Å². The number of rotatable bonds is 6. The second-order valence-electron chi connectivity index (χ2n) is 4.67. The zero-order valence-electron chi connectivity index (χ0n) is 12.6. The maximum Gasteiger partial charge on any atom is 0.355 e. The summed E-state index contributed by atoms with van der Waals surface area (Å²) in [6, 6.07) is 5.38. The van der Waals surface area contributed by atoms with Gasteiger partial charge in [-0.05, 0) is 38.0 Å². The third-order valence-corrected chi connectivity index (χ3v) is 3.56. The third kappa shape index (κ3) is 3.42. The predicted molar refractivity (Wildman–Crippen MR) is 84.2 cm³/mol. The molecule has 0 bridgehead atoms. The lowest BCUT2D eigenvalue weighted by Gasteiger charge is -2.05. The Morgan fingerprint density at radius 3 is 2.59 bits per heavy atom. The van der Waals surface area contributed by atoms with Crippen LogP contribution in [0.5, 0.6) is 0 Å². The van der Waals surface area contributed by atoms with Crippen LogP contribution in [0.15, 0.2) is 18.2 Å². The molecule has 0 amide bonds. The fourth-order valence-electron chi connectivity index (χ4n) is 2.36. The average Bonchev–Trinajstić information content (AvgIpc) is 2.86. The summed E-state index contributed by atoms with van der Waals surface area (Å²) >= 11 is 6.25. The van der Waals surface area contributed by atoms with Crippen LogP contribution < -0.4 is 0 Å². The highest BCUT2D eigenvalue weighted by Crippen LogP contribution is 2.30. The minimum Gasteiger partial charge on any atom is -0.466 e. The molecule has 118 valence electrons. The van der Waals surface area contributed by atoms with Gasteiger partial charge in [-0.15, -0.1) is 0 Å². The molecule has 0 unspecified atom stereocenters. The van der Waals surface area contributed by atoms with Gasteiger partial charge in [-0.1, -0.05) is 17.7 Å². The molecule has 1 N–H and O–H groups in total. The van der Waals surface area contributed by atoms with E-state index >= 15 is 0 Å². The number of carbonyl (C=O) groups excluding carboxylic acids is 2. The Morgan fingerprint density at radius 2 is 1.91 bits per heavy atom. The molecule has 0 aliphatic carbocycles. The van der Waals surface area contributed by atoms with Crippen LogP contribution in [0.4, 0.5) is 0 Å². The van der Waals surface area contributed by atoms with E-state index in [9.17, 15) is 9.59 Å². The monoisotopic (exact) mass is 323 g/mol. The van der Waals surface area contributed by atoms with Crippen LogP contribution in [-0.4, -0.2) is 30.1 Å². The number of ether oxygens (including phenoxy) is 2. The van der Waals surface area contributed by atoms with E-state index in [0.717, 1.165) is 10.9 Å². The lowest BCUT2D eigenvalue weighted by Crippen LogP contribution is -2.10. The van der Waals surface area contributed by atoms with E-state index < -0.39 is 5.97 Å². The Hall–Kier alpha value is -2.01. The topological polar surface area (TPSA) is 68.4 Å². The second-order valence-corrected chi connectivity index (χ2v) is 5.07. The first-order valence-corrected chi connectivity index (χ1v) is 7.58. The Bertz CT molecular complexity index is 693.